The van der Waals surface area contributed by atoms with Crippen molar-refractivity contribution in [3.8, 4) is 0 Å². The van der Waals surface area contributed by atoms with E-state index in [4.69, 9.17) is 0 Å². The molecule has 0 saturated heterocycles. The van der Waals surface area contributed by atoms with Crippen molar-refractivity contribution in [1.29, 1.82) is 0 Å². The molecule has 0 bridgehead atoms. The van der Waals surface area contributed by atoms with Gasteiger partial charge in [-0.1, -0.05) is 6.07 Å². The van der Waals surface area contributed by atoms with Crippen LogP contribution in [0.25, 0.3) is 0 Å². The molecule has 4 nitrogen and oxygen atoms in total. The van der Waals surface area contributed by atoms with Crippen molar-refractivity contribution in [1.82, 2.24) is 5.32 Å². The number of anilines is 1. The first-order valence-electron chi connectivity index (χ1n) is 5.75. The molecule has 1 aromatic carbocycles. The SMILES string of the molecule is CS(=O)CCCNCC(=O)Nc1c(F)cccc1F. The van der Waals surface area contributed by atoms with Crippen LogP contribution in [0.2, 0.25) is 0 Å². The highest BCUT2D eigenvalue weighted by Crippen LogP contribution is 2.17. The lowest BCUT2D eigenvalue weighted by Gasteiger charge is -2.08. The summed E-state index contributed by atoms with van der Waals surface area (Å²) < 4.78 is 37.2. The molecule has 1 atom stereocenters. The van der Waals surface area contributed by atoms with E-state index >= 15 is 0 Å². The molecule has 0 heterocycles. The van der Waals surface area contributed by atoms with Crippen molar-refractivity contribution in [2.24, 2.45) is 0 Å². The maximum Gasteiger partial charge on any atom is 0.238 e. The van der Waals surface area contributed by atoms with E-state index in [0.29, 0.717) is 18.7 Å². The van der Waals surface area contributed by atoms with Crippen LogP contribution in [0.5, 0.6) is 0 Å². The van der Waals surface area contributed by atoms with Crippen LogP contribution in [0, 0.1) is 11.6 Å². The van der Waals surface area contributed by atoms with Gasteiger partial charge in [-0.25, -0.2) is 8.78 Å². The van der Waals surface area contributed by atoms with Gasteiger partial charge in [0.05, 0.1) is 6.54 Å². The smallest absolute Gasteiger partial charge is 0.238 e. The average molecular weight is 290 g/mol. The predicted octanol–water partition coefficient (Wildman–Crippen LogP) is 1.26. The molecule has 0 saturated carbocycles. The first-order chi connectivity index (χ1) is 9.00. The molecular formula is C12H16F2N2O2S. The van der Waals surface area contributed by atoms with Crippen LogP contribution < -0.4 is 10.6 Å². The summed E-state index contributed by atoms with van der Waals surface area (Å²) in [6.07, 6.45) is 2.28. The van der Waals surface area contributed by atoms with E-state index in [9.17, 15) is 17.8 Å². The molecule has 7 heteroatoms. The lowest BCUT2D eigenvalue weighted by molar-refractivity contribution is -0.115. The first-order valence-corrected chi connectivity index (χ1v) is 7.48. The summed E-state index contributed by atoms with van der Waals surface area (Å²) >= 11 is 0. The molecule has 1 aromatic rings. The summed E-state index contributed by atoms with van der Waals surface area (Å²) in [6, 6.07) is 3.37. The zero-order valence-electron chi connectivity index (χ0n) is 10.5. The molecule has 106 valence electrons. The maximum atomic E-state index is 13.2. The van der Waals surface area contributed by atoms with Crippen LogP contribution in [0.4, 0.5) is 14.5 Å². The number of para-hydroxylation sites is 1. The van der Waals surface area contributed by atoms with Crippen molar-refractivity contribution in [2.75, 3.05) is 30.4 Å². The van der Waals surface area contributed by atoms with Crippen LogP contribution >= 0.6 is 0 Å². The third-order valence-corrected chi connectivity index (χ3v) is 3.16. The average Bonchev–Trinajstić information content (AvgIpc) is 2.33. The number of nitrogens with one attached hydrogen (secondary N) is 2. The summed E-state index contributed by atoms with van der Waals surface area (Å²) in [7, 11) is -0.857. The Morgan fingerprint density at radius 1 is 1.32 bits per heavy atom. The van der Waals surface area contributed by atoms with Crippen LogP contribution in [0.3, 0.4) is 0 Å². The van der Waals surface area contributed by atoms with Crippen LogP contribution in [-0.2, 0) is 15.6 Å². The molecular weight excluding hydrogens is 274 g/mol. The van der Waals surface area contributed by atoms with Gasteiger partial charge in [-0.3, -0.25) is 9.00 Å². The van der Waals surface area contributed by atoms with E-state index in [2.05, 4.69) is 10.6 Å². The number of hydrogen-bond acceptors (Lipinski definition) is 3. The molecule has 1 unspecified atom stereocenters. The quantitative estimate of drug-likeness (QED) is 0.743. The van der Waals surface area contributed by atoms with Gasteiger partial charge >= 0.3 is 0 Å². The molecule has 0 radical (unpaired) electrons. The highest BCUT2D eigenvalue weighted by molar-refractivity contribution is 7.84. The van der Waals surface area contributed by atoms with Crippen molar-refractivity contribution in [3.05, 3.63) is 29.8 Å². The van der Waals surface area contributed by atoms with Gasteiger partial charge in [0.2, 0.25) is 5.91 Å². The molecule has 0 aromatic heterocycles. The summed E-state index contributed by atoms with van der Waals surface area (Å²) in [5.74, 6) is -1.60. The van der Waals surface area contributed by atoms with Gasteiger partial charge in [-0.05, 0) is 25.1 Å². The summed E-state index contributed by atoms with van der Waals surface area (Å²) in [6.45, 7) is 0.469. The Balaban J connectivity index is 2.33. The highest BCUT2D eigenvalue weighted by atomic mass is 32.2. The van der Waals surface area contributed by atoms with Crippen molar-refractivity contribution in [3.63, 3.8) is 0 Å². The van der Waals surface area contributed by atoms with Crippen LogP contribution in [0.1, 0.15) is 6.42 Å². The Morgan fingerprint density at radius 3 is 2.53 bits per heavy atom. The van der Waals surface area contributed by atoms with E-state index in [1.807, 2.05) is 0 Å². The Hall–Kier alpha value is -1.34. The summed E-state index contributed by atoms with van der Waals surface area (Å²) in [4.78, 5) is 11.4. The van der Waals surface area contributed by atoms with Crippen LogP contribution in [-0.4, -0.2) is 35.2 Å². The minimum Gasteiger partial charge on any atom is -0.320 e. The largest absolute Gasteiger partial charge is 0.320 e. The van der Waals surface area contributed by atoms with Gasteiger partial charge in [0.25, 0.3) is 0 Å². The topological polar surface area (TPSA) is 58.2 Å². The fraction of sp³-hybridized carbons (Fsp3) is 0.417. The number of carbonyl (C=O) groups is 1. The molecule has 2 N–H and O–H groups in total. The second-order valence-electron chi connectivity index (χ2n) is 3.95. The van der Waals surface area contributed by atoms with Gasteiger partial charge in [0.15, 0.2) is 0 Å². The van der Waals surface area contributed by atoms with E-state index < -0.39 is 34.0 Å². The number of halogens is 2. The monoisotopic (exact) mass is 290 g/mol. The minimum absolute atomic E-state index is 0.0515. The molecule has 0 spiro atoms. The number of carbonyl (C=O) groups excluding carboxylic acids is 1. The van der Waals surface area contributed by atoms with Crippen molar-refractivity contribution in [2.45, 2.75) is 6.42 Å². The molecule has 0 aliphatic heterocycles. The summed E-state index contributed by atoms with van der Waals surface area (Å²) in [5, 5.41) is 4.98. The normalized spacial score (nSPS) is 12.2. The summed E-state index contributed by atoms with van der Waals surface area (Å²) in [5.41, 5.74) is -0.441. The van der Waals surface area contributed by atoms with Crippen molar-refractivity contribution < 1.29 is 17.8 Å². The Bertz CT molecular complexity index is 449. The molecule has 1 rings (SSSR count). The van der Waals surface area contributed by atoms with E-state index in [1.165, 1.54) is 6.07 Å². The number of rotatable bonds is 7. The van der Waals surface area contributed by atoms with E-state index in [-0.39, 0.29) is 6.54 Å². The van der Waals surface area contributed by atoms with Crippen molar-refractivity contribution >= 4 is 22.4 Å². The molecule has 1 amide bonds. The Morgan fingerprint density at radius 2 is 1.95 bits per heavy atom. The molecule has 19 heavy (non-hydrogen) atoms. The van der Waals surface area contributed by atoms with Gasteiger partial charge < -0.3 is 10.6 Å². The predicted molar refractivity (Wildman–Crippen MR) is 71.4 cm³/mol. The Kier molecular flexibility index (Phi) is 6.58. The second-order valence-corrected chi connectivity index (χ2v) is 5.51. The van der Waals surface area contributed by atoms with Gasteiger partial charge in [-0.2, -0.15) is 0 Å². The zero-order valence-corrected chi connectivity index (χ0v) is 11.4. The number of benzene rings is 1. The molecule has 0 aliphatic rings. The van der Waals surface area contributed by atoms with Gasteiger partial charge in [-0.15, -0.1) is 0 Å². The standard InChI is InChI=1S/C12H16F2N2O2S/c1-19(18)7-3-6-15-8-11(17)16-12-9(13)4-2-5-10(12)14/h2,4-5,15H,3,6-8H2,1H3,(H,16,17). The van der Waals surface area contributed by atoms with E-state index in [0.717, 1.165) is 12.1 Å². The van der Waals surface area contributed by atoms with E-state index in [1.54, 1.807) is 6.26 Å². The number of amides is 1. The zero-order chi connectivity index (χ0) is 14.3. The molecule has 0 fully saturated rings. The fourth-order valence-corrected chi connectivity index (χ4v) is 1.95. The minimum atomic E-state index is -0.857. The first kappa shape index (κ1) is 15.7. The van der Waals surface area contributed by atoms with Gasteiger partial charge in [0, 0.05) is 22.8 Å². The maximum absolute atomic E-state index is 13.2. The van der Waals surface area contributed by atoms with Crippen LogP contribution in [0.15, 0.2) is 18.2 Å². The lowest BCUT2D eigenvalue weighted by atomic mass is 10.3. The molecule has 0 aliphatic carbocycles. The fourth-order valence-electron chi connectivity index (χ4n) is 1.40. The lowest BCUT2D eigenvalue weighted by Crippen LogP contribution is -2.29. The third-order valence-electron chi connectivity index (χ3n) is 2.30. The van der Waals surface area contributed by atoms with Gasteiger partial charge in [0.1, 0.15) is 17.3 Å². The Labute approximate surface area is 113 Å². The highest BCUT2D eigenvalue weighted by Gasteiger charge is 2.11. The second kappa shape index (κ2) is 7.96. The third kappa shape index (κ3) is 5.89. The number of hydrogen-bond donors (Lipinski definition) is 2.